The van der Waals surface area contributed by atoms with Gasteiger partial charge in [-0.3, -0.25) is 10.1 Å². The lowest BCUT2D eigenvalue weighted by Gasteiger charge is -2.34. The van der Waals surface area contributed by atoms with Crippen molar-refractivity contribution in [1.82, 2.24) is 14.9 Å². The van der Waals surface area contributed by atoms with Crippen molar-refractivity contribution in [1.29, 1.82) is 0 Å². The van der Waals surface area contributed by atoms with Crippen LogP contribution < -0.4 is 20.1 Å². The predicted molar refractivity (Wildman–Crippen MR) is 112 cm³/mol. The Labute approximate surface area is 193 Å². The number of rotatable bonds is 10. The smallest absolute Gasteiger partial charge is 0.340 e. The first-order valence-electron chi connectivity index (χ1n) is 10.5. The third-order valence-electron chi connectivity index (χ3n) is 5.72. The number of hydrogen-bond donors (Lipinski definition) is 2. The lowest BCUT2D eigenvalue weighted by atomic mass is 10.00. The molecule has 1 aromatic carbocycles. The molecule has 0 saturated carbocycles. The summed E-state index contributed by atoms with van der Waals surface area (Å²) in [5.74, 6) is -5.13. The van der Waals surface area contributed by atoms with Crippen molar-refractivity contribution in [3.63, 3.8) is 0 Å². The molecule has 2 aliphatic heterocycles. The zero-order chi connectivity index (χ0) is 25.1. The van der Waals surface area contributed by atoms with Gasteiger partial charge in [-0.25, -0.2) is 26.3 Å². The van der Waals surface area contributed by atoms with Crippen LogP contribution in [0.5, 0.6) is 11.5 Å². The second kappa shape index (κ2) is 9.94. The quantitative estimate of drug-likeness (QED) is 0.368. The molecule has 0 aliphatic carbocycles. The van der Waals surface area contributed by atoms with Gasteiger partial charge < -0.3 is 14.8 Å². The van der Waals surface area contributed by atoms with Crippen LogP contribution in [0.1, 0.15) is 26.2 Å². The number of benzene rings is 1. The fourth-order valence-corrected chi connectivity index (χ4v) is 5.64. The molecule has 2 N–H and O–H groups in total. The third kappa shape index (κ3) is 5.90. The van der Waals surface area contributed by atoms with E-state index in [1.165, 1.54) is 28.6 Å². The largest absolute Gasteiger partial charge is 0.490 e. The molecule has 190 valence electrons. The summed E-state index contributed by atoms with van der Waals surface area (Å²) in [6.45, 7) is 0.447. The van der Waals surface area contributed by atoms with Crippen LogP contribution in [0.15, 0.2) is 24.3 Å². The summed E-state index contributed by atoms with van der Waals surface area (Å²) >= 11 is 0. The Kier molecular flexibility index (Phi) is 7.60. The Morgan fingerprint density at radius 3 is 2.24 bits per heavy atom. The minimum Gasteiger partial charge on any atom is -0.490 e. The molecular formula is C20H25F4N3O6S. The van der Waals surface area contributed by atoms with Crippen molar-refractivity contribution in [3.8, 4) is 11.5 Å². The number of carbonyl (C=O) groups excluding carboxylic acids is 2. The minimum absolute atomic E-state index is 0.0264. The van der Waals surface area contributed by atoms with Crippen LogP contribution in [0.2, 0.25) is 0 Å². The van der Waals surface area contributed by atoms with Gasteiger partial charge in [0.05, 0.1) is 5.75 Å². The molecule has 3 amide bonds. The average Bonchev–Trinajstić information content (AvgIpc) is 3.06. The van der Waals surface area contributed by atoms with E-state index in [1.54, 1.807) is 6.92 Å². The number of amides is 3. The lowest BCUT2D eigenvalue weighted by Crippen LogP contribution is -2.55. The van der Waals surface area contributed by atoms with Gasteiger partial charge in [-0.15, -0.1) is 0 Å². The van der Waals surface area contributed by atoms with Crippen LogP contribution in [0.3, 0.4) is 0 Å². The molecule has 0 bridgehead atoms. The molecule has 2 heterocycles. The highest BCUT2D eigenvalue weighted by Crippen LogP contribution is 2.27. The minimum atomic E-state index is -4.26. The van der Waals surface area contributed by atoms with Gasteiger partial charge in [-0.1, -0.05) is 6.92 Å². The zero-order valence-corrected chi connectivity index (χ0v) is 19.0. The van der Waals surface area contributed by atoms with Crippen LogP contribution in [-0.2, 0) is 14.8 Å². The molecule has 3 rings (SSSR count). The van der Waals surface area contributed by atoms with Gasteiger partial charge in [-0.2, -0.15) is 8.78 Å². The number of carbonyl (C=O) groups is 2. The molecule has 0 unspecified atom stereocenters. The molecule has 14 heteroatoms. The fraction of sp³-hybridized carbons (Fsp3) is 0.600. The van der Waals surface area contributed by atoms with Crippen molar-refractivity contribution >= 4 is 22.0 Å². The zero-order valence-electron chi connectivity index (χ0n) is 18.2. The summed E-state index contributed by atoms with van der Waals surface area (Å²) in [6.07, 6.45) is -3.32. The second-order valence-electron chi connectivity index (χ2n) is 8.14. The molecule has 1 atom stereocenters. The van der Waals surface area contributed by atoms with E-state index in [0.29, 0.717) is 18.6 Å². The number of urea groups is 1. The normalized spacial score (nSPS) is 22.5. The van der Waals surface area contributed by atoms with Gasteiger partial charge >= 0.3 is 18.4 Å². The van der Waals surface area contributed by atoms with Crippen LogP contribution in [-0.4, -0.2) is 74.1 Å². The Morgan fingerprint density at radius 2 is 1.74 bits per heavy atom. The van der Waals surface area contributed by atoms with Crippen molar-refractivity contribution in [3.05, 3.63) is 24.3 Å². The maximum atomic E-state index is 12.9. The van der Waals surface area contributed by atoms with Gasteiger partial charge in [0.2, 0.25) is 10.0 Å². The molecule has 0 radical (unpaired) electrons. The van der Waals surface area contributed by atoms with Crippen LogP contribution in [0.25, 0.3) is 0 Å². The topological polar surface area (TPSA) is 114 Å². The lowest BCUT2D eigenvalue weighted by molar-refractivity contribution is -0.148. The molecule has 34 heavy (non-hydrogen) atoms. The molecule has 2 fully saturated rings. The van der Waals surface area contributed by atoms with Crippen LogP contribution in [0.4, 0.5) is 22.4 Å². The summed E-state index contributed by atoms with van der Waals surface area (Å²) in [6, 6.07) is 4.76. The average molecular weight is 511 g/mol. The van der Waals surface area contributed by atoms with E-state index in [1.807, 2.05) is 0 Å². The number of nitrogens with zero attached hydrogens (tertiary/aromatic N) is 1. The maximum Gasteiger partial charge on any atom is 0.340 e. The molecule has 1 aromatic rings. The Balaban J connectivity index is 1.51. The van der Waals surface area contributed by atoms with Crippen molar-refractivity contribution < 1.29 is 45.0 Å². The van der Waals surface area contributed by atoms with Crippen molar-refractivity contribution in [2.75, 3.05) is 25.4 Å². The highest BCUT2D eigenvalue weighted by atomic mass is 32.2. The number of sulfonamides is 1. The third-order valence-corrected chi connectivity index (χ3v) is 7.73. The van der Waals surface area contributed by atoms with Gasteiger partial charge in [0, 0.05) is 13.1 Å². The van der Waals surface area contributed by atoms with E-state index in [0.717, 1.165) is 0 Å². The van der Waals surface area contributed by atoms with Gasteiger partial charge in [-0.05, 0) is 43.5 Å². The van der Waals surface area contributed by atoms with Crippen LogP contribution in [0, 0.1) is 0 Å². The molecule has 0 spiro atoms. The predicted octanol–water partition coefficient (Wildman–Crippen LogP) is 2.13. The number of imide groups is 1. The molecule has 2 aliphatic rings. The second-order valence-corrected chi connectivity index (χ2v) is 10.1. The number of hydrogen-bond acceptors (Lipinski definition) is 6. The number of halogens is 4. The summed E-state index contributed by atoms with van der Waals surface area (Å²) in [5, 5.41) is 4.48. The Bertz CT molecular complexity index is 1000. The van der Waals surface area contributed by atoms with Crippen molar-refractivity contribution in [2.45, 2.75) is 50.2 Å². The van der Waals surface area contributed by atoms with E-state index in [-0.39, 0.29) is 31.4 Å². The highest BCUT2D eigenvalue weighted by molar-refractivity contribution is 7.89. The maximum absolute atomic E-state index is 12.9. The molecule has 9 nitrogen and oxygen atoms in total. The Morgan fingerprint density at radius 1 is 1.15 bits per heavy atom. The first-order valence-corrected chi connectivity index (χ1v) is 12.1. The standard InChI is InChI=1S/C20H25F4N3O6S/c1-2-19(17(28)25-18(29)26-19)12-34(30,31)27-9-7-15(8-10-27)33-14-5-3-13(4-6-14)32-11-20(23,24)16(21)22/h3-6,15-16H,2,7-12H2,1H3,(H2,25,26,28,29)/t19-/m1/s1. The van der Waals surface area contributed by atoms with E-state index in [4.69, 9.17) is 9.47 Å². The first-order chi connectivity index (χ1) is 15.9. The van der Waals surface area contributed by atoms with E-state index in [9.17, 15) is 35.6 Å². The van der Waals surface area contributed by atoms with E-state index in [2.05, 4.69) is 10.6 Å². The fourth-order valence-electron chi connectivity index (χ4n) is 3.66. The molecular weight excluding hydrogens is 486 g/mol. The first kappa shape index (κ1) is 26.0. The number of alkyl halides is 4. The summed E-state index contributed by atoms with van der Waals surface area (Å²) < 4.78 is 87.8. The number of nitrogens with one attached hydrogen (secondary N) is 2. The highest BCUT2D eigenvalue weighted by Gasteiger charge is 2.49. The number of ether oxygens (including phenoxy) is 2. The summed E-state index contributed by atoms with van der Waals surface area (Å²) in [4.78, 5) is 23.6. The van der Waals surface area contributed by atoms with E-state index < -0.39 is 52.2 Å². The van der Waals surface area contributed by atoms with Gasteiger partial charge in [0.15, 0.2) is 6.61 Å². The summed E-state index contributed by atoms with van der Waals surface area (Å²) in [7, 11) is -3.85. The molecule has 2 saturated heterocycles. The van der Waals surface area contributed by atoms with Crippen LogP contribution >= 0.6 is 0 Å². The van der Waals surface area contributed by atoms with E-state index >= 15 is 0 Å². The SMILES string of the molecule is CC[C@]1(CS(=O)(=O)N2CCC(Oc3ccc(OCC(F)(F)C(F)F)cc3)CC2)NC(=O)NC1=O. The van der Waals surface area contributed by atoms with Gasteiger partial charge in [0.25, 0.3) is 5.91 Å². The monoisotopic (exact) mass is 511 g/mol. The number of piperidine rings is 1. The Hall–Kier alpha value is -2.61. The summed E-state index contributed by atoms with van der Waals surface area (Å²) in [5.41, 5.74) is -1.51. The van der Waals surface area contributed by atoms with Gasteiger partial charge in [0.1, 0.15) is 23.1 Å². The van der Waals surface area contributed by atoms with Crippen molar-refractivity contribution in [2.24, 2.45) is 0 Å². The molecule has 0 aromatic heterocycles.